The molecule has 0 fully saturated rings. The minimum atomic E-state index is -1.29. The van der Waals surface area contributed by atoms with E-state index in [1.807, 2.05) is 6.92 Å². The van der Waals surface area contributed by atoms with Gasteiger partial charge in [0.15, 0.2) is 11.5 Å². The van der Waals surface area contributed by atoms with E-state index < -0.39 is 11.9 Å². The van der Waals surface area contributed by atoms with Crippen LogP contribution in [-0.4, -0.2) is 30.7 Å². The number of nitrogens with one attached hydrogen (secondary N) is 1. The molecular formula is C21H20ClNO5. The third-order valence-electron chi connectivity index (χ3n) is 3.54. The number of rotatable bonds is 8. The van der Waals surface area contributed by atoms with Crippen molar-refractivity contribution in [2.45, 2.75) is 6.92 Å². The quantitative estimate of drug-likeness (QED) is 0.512. The summed E-state index contributed by atoms with van der Waals surface area (Å²) in [5, 5.41) is 12.1. The molecule has 2 N–H and O–H groups in total. The first-order chi connectivity index (χ1) is 13.3. The number of carboxylic acid groups (broad SMARTS) is 1. The molecule has 0 aliphatic heterocycles. The molecule has 1 amide bonds. The van der Waals surface area contributed by atoms with Crippen LogP contribution in [0.25, 0.3) is 6.08 Å². The van der Waals surface area contributed by atoms with Crippen molar-refractivity contribution in [2.24, 2.45) is 0 Å². The molecule has 0 unspecified atom stereocenters. The summed E-state index contributed by atoms with van der Waals surface area (Å²) in [5.74, 6) is -1.16. The van der Waals surface area contributed by atoms with Crippen LogP contribution in [0.5, 0.6) is 11.5 Å². The molecule has 0 bridgehead atoms. The lowest BCUT2D eigenvalue weighted by Gasteiger charge is -2.14. The lowest BCUT2D eigenvalue weighted by atomic mass is 10.1. The molecule has 0 saturated heterocycles. The number of aliphatic carboxylic acids is 1. The number of hydrogen-bond acceptors (Lipinski definition) is 4. The number of carbonyl (C=O) groups is 2. The van der Waals surface area contributed by atoms with Crippen molar-refractivity contribution in [1.29, 1.82) is 0 Å². The topological polar surface area (TPSA) is 84.9 Å². The summed E-state index contributed by atoms with van der Waals surface area (Å²) in [6.07, 6.45) is 1.29. The van der Waals surface area contributed by atoms with Gasteiger partial charge in [0.05, 0.1) is 12.1 Å². The van der Waals surface area contributed by atoms with Crippen LogP contribution in [0.15, 0.2) is 60.3 Å². The van der Waals surface area contributed by atoms with Gasteiger partial charge in [0.2, 0.25) is 0 Å². The van der Waals surface area contributed by atoms with E-state index in [1.54, 1.807) is 36.4 Å². The van der Waals surface area contributed by atoms with Crippen LogP contribution in [0.4, 0.5) is 0 Å². The fourth-order valence-electron chi connectivity index (χ4n) is 2.26. The number of methoxy groups -OCH3 is 1. The minimum absolute atomic E-state index is 0.242. The number of ether oxygens (including phenoxy) is 2. The van der Waals surface area contributed by atoms with E-state index >= 15 is 0 Å². The highest BCUT2D eigenvalue weighted by Crippen LogP contribution is 2.37. The van der Waals surface area contributed by atoms with E-state index in [0.717, 1.165) is 5.57 Å². The molecule has 2 aromatic carbocycles. The summed E-state index contributed by atoms with van der Waals surface area (Å²) in [5.41, 5.74) is 1.27. The second-order valence-corrected chi connectivity index (χ2v) is 6.37. The van der Waals surface area contributed by atoms with Gasteiger partial charge in [-0.15, -0.1) is 0 Å². The Balaban J connectivity index is 2.33. The predicted octanol–water partition coefficient (Wildman–Crippen LogP) is 4.16. The first-order valence-corrected chi connectivity index (χ1v) is 8.65. The molecule has 0 saturated carbocycles. The molecule has 6 nitrogen and oxygen atoms in total. The highest BCUT2D eigenvalue weighted by Gasteiger charge is 2.16. The molecule has 28 heavy (non-hydrogen) atoms. The van der Waals surface area contributed by atoms with Gasteiger partial charge in [-0.05, 0) is 48.4 Å². The molecule has 0 spiro atoms. The van der Waals surface area contributed by atoms with Crippen molar-refractivity contribution < 1.29 is 24.2 Å². The van der Waals surface area contributed by atoms with Gasteiger partial charge in [0.1, 0.15) is 12.3 Å². The molecule has 2 rings (SSSR count). The van der Waals surface area contributed by atoms with Crippen LogP contribution in [0.3, 0.4) is 0 Å². The first kappa shape index (κ1) is 21.1. The number of amides is 1. The number of carboxylic acids is 1. The van der Waals surface area contributed by atoms with Gasteiger partial charge in [0.25, 0.3) is 5.91 Å². The van der Waals surface area contributed by atoms with Gasteiger partial charge in [-0.25, -0.2) is 4.79 Å². The maximum atomic E-state index is 12.2. The lowest BCUT2D eigenvalue weighted by Crippen LogP contribution is -2.27. The average molecular weight is 402 g/mol. The Hall–Kier alpha value is -3.25. The van der Waals surface area contributed by atoms with Crippen LogP contribution < -0.4 is 14.8 Å². The molecule has 0 radical (unpaired) electrons. The molecule has 146 valence electrons. The zero-order valence-electron chi connectivity index (χ0n) is 15.5. The van der Waals surface area contributed by atoms with Crippen molar-refractivity contribution in [3.63, 3.8) is 0 Å². The minimum Gasteiger partial charge on any atom is -0.493 e. The molecule has 2 aromatic rings. The largest absolute Gasteiger partial charge is 0.493 e. The molecule has 0 aliphatic carbocycles. The zero-order valence-corrected chi connectivity index (χ0v) is 16.2. The summed E-state index contributed by atoms with van der Waals surface area (Å²) in [6, 6.07) is 11.4. The van der Waals surface area contributed by atoms with Crippen LogP contribution in [0, 0.1) is 0 Å². The van der Waals surface area contributed by atoms with E-state index in [-0.39, 0.29) is 17.3 Å². The van der Waals surface area contributed by atoms with Crippen LogP contribution in [-0.2, 0) is 4.79 Å². The van der Waals surface area contributed by atoms with Crippen molar-refractivity contribution >= 4 is 29.6 Å². The van der Waals surface area contributed by atoms with Crippen LogP contribution in [0.2, 0.25) is 5.02 Å². The molecule has 0 aromatic heterocycles. The molecule has 0 aliphatic rings. The fourth-order valence-corrected chi connectivity index (χ4v) is 2.53. The third-order valence-corrected chi connectivity index (χ3v) is 3.82. The maximum Gasteiger partial charge on any atom is 0.352 e. The molecule has 0 atom stereocenters. The SMILES string of the molecule is C=C(C)COc1c(Cl)cc(/C=C(/NC(=O)c2ccccc2)C(=O)O)cc1OC. The Bertz CT molecular complexity index is 922. The monoisotopic (exact) mass is 401 g/mol. The summed E-state index contributed by atoms with van der Waals surface area (Å²) in [4.78, 5) is 23.8. The van der Waals surface area contributed by atoms with E-state index in [1.165, 1.54) is 19.3 Å². The average Bonchev–Trinajstić information content (AvgIpc) is 2.66. The van der Waals surface area contributed by atoms with Gasteiger partial charge in [-0.1, -0.05) is 36.4 Å². The number of hydrogen-bond donors (Lipinski definition) is 2. The van der Waals surface area contributed by atoms with Gasteiger partial charge in [0, 0.05) is 5.56 Å². The standard InChI is InChI=1S/C21H20ClNO5/c1-13(2)12-28-19-16(22)9-14(11-18(19)27-3)10-17(21(25)26)23-20(24)15-7-5-4-6-8-15/h4-11H,1,12H2,2-3H3,(H,23,24)(H,25,26)/b17-10+. The third kappa shape index (κ3) is 5.62. The summed E-state index contributed by atoms with van der Waals surface area (Å²) in [7, 11) is 1.45. The summed E-state index contributed by atoms with van der Waals surface area (Å²) < 4.78 is 10.9. The highest BCUT2D eigenvalue weighted by atomic mass is 35.5. The van der Waals surface area contributed by atoms with E-state index in [9.17, 15) is 14.7 Å². The van der Waals surface area contributed by atoms with Gasteiger partial charge in [-0.2, -0.15) is 0 Å². The number of carbonyl (C=O) groups excluding carboxylic acids is 1. The number of halogens is 1. The Morgan fingerprint density at radius 1 is 1.25 bits per heavy atom. The highest BCUT2D eigenvalue weighted by molar-refractivity contribution is 6.32. The van der Waals surface area contributed by atoms with Gasteiger partial charge >= 0.3 is 5.97 Å². The Morgan fingerprint density at radius 3 is 2.50 bits per heavy atom. The van der Waals surface area contributed by atoms with Crippen LogP contribution >= 0.6 is 11.6 Å². The van der Waals surface area contributed by atoms with Crippen molar-refractivity contribution in [3.05, 3.63) is 76.5 Å². The molecule has 0 heterocycles. The smallest absolute Gasteiger partial charge is 0.352 e. The Labute approximate surface area is 168 Å². The van der Waals surface area contributed by atoms with E-state index in [0.29, 0.717) is 22.6 Å². The normalized spacial score (nSPS) is 10.9. The van der Waals surface area contributed by atoms with Crippen molar-refractivity contribution in [3.8, 4) is 11.5 Å². The van der Waals surface area contributed by atoms with Gasteiger partial charge in [-0.3, -0.25) is 4.79 Å². The Morgan fingerprint density at radius 2 is 1.93 bits per heavy atom. The predicted molar refractivity (Wildman–Crippen MR) is 108 cm³/mol. The number of benzene rings is 2. The first-order valence-electron chi connectivity index (χ1n) is 8.28. The van der Waals surface area contributed by atoms with Crippen molar-refractivity contribution in [1.82, 2.24) is 5.32 Å². The van der Waals surface area contributed by atoms with E-state index in [4.69, 9.17) is 21.1 Å². The molecule has 7 heteroatoms. The maximum absolute atomic E-state index is 12.2. The van der Waals surface area contributed by atoms with Crippen LogP contribution in [0.1, 0.15) is 22.8 Å². The fraction of sp³-hybridized carbons (Fsp3) is 0.143. The summed E-state index contributed by atoms with van der Waals surface area (Å²) >= 11 is 6.26. The van der Waals surface area contributed by atoms with Crippen molar-refractivity contribution in [2.75, 3.05) is 13.7 Å². The zero-order chi connectivity index (χ0) is 20.7. The van der Waals surface area contributed by atoms with Gasteiger partial charge < -0.3 is 19.9 Å². The Kier molecular flexibility index (Phi) is 7.23. The van der Waals surface area contributed by atoms with E-state index in [2.05, 4.69) is 11.9 Å². The summed E-state index contributed by atoms with van der Waals surface area (Å²) in [6.45, 7) is 5.83. The molecular weight excluding hydrogens is 382 g/mol. The second kappa shape index (κ2) is 9.62. The lowest BCUT2D eigenvalue weighted by molar-refractivity contribution is -0.132. The second-order valence-electron chi connectivity index (χ2n) is 5.96.